The van der Waals surface area contributed by atoms with E-state index < -0.39 is 11.9 Å². The molecule has 4 unspecified atom stereocenters. The van der Waals surface area contributed by atoms with E-state index in [1.165, 1.54) is 6.42 Å². The standard InChI is InChI=1S/C11H15NO3/c13-10(8-4-9(8)11(14)15)12-5-6-1-2-7(12)3-6/h6-9H,1-5H2,(H,14,15). The molecule has 4 atom stereocenters. The minimum atomic E-state index is -0.808. The zero-order valence-electron chi connectivity index (χ0n) is 8.56. The van der Waals surface area contributed by atoms with Crippen molar-refractivity contribution in [3.8, 4) is 0 Å². The van der Waals surface area contributed by atoms with Gasteiger partial charge in [0.1, 0.15) is 0 Å². The van der Waals surface area contributed by atoms with Crippen LogP contribution in [-0.2, 0) is 9.59 Å². The third-order valence-electron chi connectivity index (χ3n) is 4.12. The molecule has 4 heteroatoms. The highest BCUT2D eigenvalue weighted by Gasteiger charge is 2.52. The lowest BCUT2D eigenvalue weighted by atomic mass is 10.1. The molecule has 4 nitrogen and oxygen atoms in total. The van der Waals surface area contributed by atoms with Gasteiger partial charge in [-0.1, -0.05) is 0 Å². The minimum absolute atomic E-state index is 0.106. The van der Waals surface area contributed by atoms with Gasteiger partial charge in [0.2, 0.25) is 5.91 Å². The van der Waals surface area contributed by atoms with Gasteiger partial charge in [0, 0.05) is 12.6 Å². The van der Waals surface area contributed by atoms with Crippen LogP contribution in [0.2, 0.25) is 0 Å². The predicted octanol–water partition coefficient (Wildman–Crippen LogP) is 0.718. The third kappa shape index (κ3) is 1.34. The number of nitrogens with zero attached hydrogens (tertiary/aromatic N) is 1. The second kappa shape index (κ2) is 2.97. The van der Waals surface area contributed by atoms with Crippen molar-refractivity contribution in [1.29, 1.82) is 0 Å². The molecule has 1 N–H and O–H groups in total. The number of amides is 1. The molecule has 1 saturated heterocycles. The summed E-state index contributed by atoms with van der Waals surface area (Å²) in [5, 5.41) is 8.78. The highest BCUT2D eigenvalue weighted by molar-refractivity contribution is 5.89. The van der Waals surface area contributed by atoms with Crippen LogP contribution in [0.5, 0.6) is 0 Å². The number of carbonyl (C=O) groups is 2. The number of aliphatic carboxylic acids is 1. The number of hydrogen-bond donors (Lipinski definition) is 1. The summed E-state index contributed by atoms with van der Waals surface area (Å²) in [6, 6.07) is 0.428. The van der Waals surface area contributed by atoms with E-state index >= 15 is 0 Å². The fraction of sp³-hybridized carbons (Fsp3) is 0.818. The normalized spacial score (nSPS) is 42.0. The van der Waals surface area contributed by atoms with Crippen LogP contribution in [0, 0.1) is 17.8 Å². The largest absolute Gasteiger partial charge is 0.481 e. The number of carbonyl (C=O) groups excluding carboxylic acids is 1. The van der Waals surface area contributed by atoms with Crippen LogP contribution in [0.4, 0.5) is 0 Å². The molecule has 3 rings (SSSR count). The maximum absolute atomic E-state index is 12.0. The number of fused-ring (bicyclic) bond motifs is 2. The molecule has 1 amide bonds. The maximum atomic E-state index is 12.0. The quantitative estimate of drug-likeness (QED) is 0.729. The molecule has 0 radical (unpaired) electrons. The van der Waals surface area contributed by atoms with Gasteiger partial charge in [0.15, 0.2) is 0 Å². The Morgan fingerprint density at radius 3 is 2.40 bits per heavy atom. The van der Waals surface area contributed by atoms with Crippen molar-refractivity contribution >= 4 is 11.9 Å². The Morgan fingerprint density at radius 2 is 1.93 bits per heavy atom. The second-order valence-corrected chi connectivity index (χ2v) is 5.11. The van der Waals surface area contributed by atoms with Crippen molar-refractivity contribution in [3.05, 3.63) is 0 Å². The second-order valence-electron chi connectivity index (χ2n) is 5.11. The van der Waals surface area contributed by atoms with Crippen LogP contribution in [0.1, 0.15) is 25.7 Å². The summed E-state index contributed by atoms with van der Waals surface area (Å²) in [6.45, 7) is 0.881. The molecule has 1 aliphatic heterocycles. The van der Waals surface area contributed by atoms with E-state index in [1.54, 1.807) is 0 Å². The minimum Gasteiger partial charge on any atom is -0.481 e. The summed E-state index contributed by atoms with van der Waals surface area (Å²) in [4.78, 5) is 24.6. The van der Waals surface area contributed by atoms with Gasteiger partial charge in [-0.3, -0.25) is 9.59 Å². The molecule has 0 aromatic heterocycles. The number of piperidine rings is 1. The zero-order chi connectivity index (χ0) is 10.6. The molecule has 0 spiro atoms. The Kier molecular flexibility index (Phi) is 1.82. The number of carboxylic acid groups (broad SMARTS) is 1. The lowest BCUT2D eigenvalue weighted by Gasteiger charge is -2.27. The Balaban J connectivity index is 1.65. The van der Waals surface area contributed by atoms with E-state index in [9.17, 15) is 9.59 Å². The Hall–Kier alpha value is -1.06. The first-order valence-corrected chi connectivity index (χ1v) is 5.70. The summed E-state index contributed by atoms with van der Waals surface area (Å²) < 4.78 is 0. The monoisotopic (exact) mass is 209 g/mol. The van der Waals surface area contributed by atoms with E-state index in [2.05, 4.69) is 0 Å². The average Bonchev–Trinajstić information content (AvgIpc) is 2.75. The van der Waals surface area contributed by atoms with Crippen molar-refractivity contribution in [1.82, 2.24) is 4.90 Å². The maximum Gasteiger partial charge on any atom is 0.307 e. The fourth-order valence-corrected chi connectivity index (χ4v) is 3.15. The highest BCUT2D eigenvalue weighted by Crippen LogP contribution is 2.44. The molecular formula is C11H15NO3. The number of carboxylic acids is 1. The van der Waals surface area contributed by atoms with E-state index in [1.807, 2.05) is 4.90 Å². The van der Waals surface area contributed by atoms with Crippen molar-refractivity contribution in [2.24, 2.45) is 17.8 Å². The van der Waals surface area contributed by atoms with Crippen LogP contribution >= 0.6 is 0 Å². The van der Waals surface area contributed by atoms with Crippen molar-refractivity contribution in [3.63, 3.8) is 0 Å². The summed E-state index contributed by atoms with van der Waals surface area (Å²) in [5.41, 5.74) is 0. The molecule has 82 valence electrons. The SMILES string of the molecule is O=C(O)C1CC1C(=O)N1CC2CCC1C2. The molecule has 15 heavy (non-hydrogen) atoms. The van der Waals surface area contributed by atoms with Crippen LogP contribution in [0.25, 0.3) is 0 Å². The predicted molar refractivity (Wildman–Crippen MR) is 52.1 cm³/mol. The first-order chi connectivity index (χ1) is 7.16. The number of hydrogen-bond acceptors (Lipinski definition) is 2. The zero-order valence-corrected chi connectivity index (χ0v) is 8.56. The molecule has 2 bridgehead atoms. The van der Waals surface area contributed by atoms with Crippen LogP contribution in [-0.4, -0.2) is 34.5 Å². The summed E-state index contributed by atoms with van der Waals surface area (Å²) in [5.74, 6) is -0.605. The van der Waals surface area contributed by atoms with Crippen molar-refractivity contribution in [2.75, 3.05) is 6.54 Å². The lowest BCUT2D eigenvalue weighted by molar-refractivity contribution is -0.142. The van der Waals surface area contributed by atoms with Crippen LogP contribution < -0.4 is 0 Å². The topological polar surface area (TPSA) is 57.6 Å². The summed E-state index contributed by atoms with van der Waals surface area (Å²) in [6.07, 6.45) is 4.08. The van der Waals surface area contributed by atoms with Gasteiger partial charge < -0.3 is 10.0 Å². The van der Waals surface area contributed by atoms with Gasteiger partial charge >= 0.3 is 5.97 Å². The highest BCUT2D eigenvalue weighted by atomic mass is 16.4. The van der Waals surface area contributed by atoms with Crippen molar-refractivity contribution < 1.29 is 14.7 Å². The molecule has 3 fully saturated rings. The van der Waals surface area contributed by atoms with E-state index in [4.69, 9.17) is 5.11 Å². The van der Waals surface area contributed by atoms with Gasteiger partial charge in [0.05, 0.1) is 11.8 Å². The average molecular weight is 209 g/mol. The molecular weight excluding hydrogens is 194 g/mol. The van der Waals surface area contributed by atoms with Gasteiger partial charge in [-0.05, 0) is 31.6 Å². The third-order valence-corrected chi connectivity index (χ3v) is 4.12. The molecule has 2 aliphatic carbocycles. The molecule has 3 aliphatic rings. The summed E-state index contributed by atoms with van der Waals surface area (Å²) >= 11 is 0. The first kappa shape index (κ1) is 9.19. The van der Waals surface area contributed by atoms with Crippen molar-refractivity contribution in [2.45, 2.75) is 31.7 Å². The van der Waals surface area contributed by atoms with Crippen LogP contribution in [0.3, 0.4) is 0 Å². The first-order valence-electron chi connectivity index (χ1n) is 5.70. The van der Waals surface area contributed by atoms with Gasteiger partial charge in [-0.15, -0.1) is 0 Å². The Morgan fingerprint density at radius 1 is 1.13 bits per heavy atom. The van der Waals surface area contributed by atoms with E-state index in [0.29, 0.717) is 18.4 Å². The fourth-order valence-electron chi connectivity index (χ4n) is 3.15. The number of likely N-dealkylation sites (tertiary alicyclic amines) is 1. The molecule has 0 aromatic rings. The molecule has 0 aromatic carbocycles. The lowest BCUT2D eigenvalue weighted by Crippen LogP contribution is -2.39. The smallest absolute Gasteiger partial charge is 0.307 e. The van der Waals surface area contributed by atoms with Gasteiger partial charge in [0.25, 0.3) is 0 Å². The summed E-state index contributed by atoms with van der Waals surface area (Å²) in [7, 11) is 0. The Labute approximate surface area is 88.2 Å². The van der Waals surface area contributed by atoms with Gasteiger partial charge in [-0.25, -0.2) is 0 Å². The van der Waals surface area contributed by atoms with E-state index in [-0.39, 0.29) is 11.8 Å². The van der Waals surface area contributed by atoms with E-state index in [0.717, 1.165) is 19.4 Å². The van der Waals surface area contributed by atoms with Gasteiger partial charge in [-0.2, -0.15) is 0 Å². The van der Waals surface area contributed by atoms with Crippen LogP contribution in [0.15, 0.2) is 0 Å². The molecule has 2 saturated carbocycles. The number of rotatable bonds is 2. The molecule has 1 heterocycles. The Bertz CT molecular complexity index is 328.